The standard InChI is InChI=1S/C17H19N5O2S/c1-11-8-16(25-10-11)13(3)18-24-9-14-12(2)6-5-7-15(14)22-17(23)21(4)19-20-22/h5-8,10H,9H2,1-4H3/b18-13-. The van der Waals surface area contributed by atoms with Crippen LogP contribution in [0.2, 0.25) is 0 Å². The second-order valence-electron chi connectivity index (χ2n) is 5.81. The van der Waals surface area contributed by atoms with Gasteiger partial charge in [0, 0.05) is 12.6 Å². The van der Waals surface area contributed by atoms with Crippen molar-refractivity contribution in [2.45, 2.75) is 27.4 Å². The van der Waals surface area contributed by atoms with E-state index in [9.17, 15) is 4.79 Å². The van der Waals surface area contributed by atoms with Gasteiger partial charge in [-0.15, -0.1) is 11.3 Å². The fraction of sp³-hybridized carbons (Fsp3) is 0.294. The first-order valence-electron chi connectivity index (χ1n) is 7.77. The molecule has 0 N–H and O–H groups in total. The third-order valence-electron chi connectivity index (χ3n) is 3.83. The number of oxime groups is 1. The zero-order valence-corrected chi connectivity index (χ0v) is 15.4. The number of hydrogen-bond acceptors (Lipinski definition) is 6. The van der Waals surface area contributed by atoms with Crippen LogP contribution in [0.3, 0.4) is 0 Å². The number of aryl methyl sites for hydroxylation is 3. The zero-order valence-electron chi connectivity index (χ0n) is 14.6. The van der Waals surface area contributed by atoms with E-state index in [1.807, 2.05) is 39.0 Å². The van der Waals surface area contributed by atoms with Gasteiger partial charge in [0.1, 0.15) is 6.61 Å². The van der Waals surface area contributed by atoms with E-state index >= 15 is 0 Å². The first-order chi connectivity index (χ1) is 12.0. The summed E-state index contributed by atoms with van der Waals surface area (Å²) >= 11 is 1.63. The third-order valence-corrected chi connectivity index (χ3v) is 4.99. The van der Waals surface area contributed by atoms with E-state index < -0.39 is 0 Å². The molecule has 130 valence electrons. The monoisotopic (exact) mass is 357 g/mol. The van der Waals surface area contributed by atoms with Gasteiger partial charge < -0.3 is 4.84 Å². The van der Waals surface area contributed by atoms with Gasteiger partial charge >= 0.3 is 5.69 Å². The van der Waals surface area contributed by atoms with Gasteiger partial charge in [0.2, 0.25) is 0 Å². The van der Waals surface area contributed by atoms with Gasteiger partial charge in [-0.05, 0) is 59.8 Å². The van der Waals surface area contributed by atoms with Crippen LogP contribution < -0.4 is 5.69 Å². The quantitative estimate of drug-likeness (QED) is 0.520. The van der Waals surface area contributed by atoms with Crippen LogP contribution in [0.15, 0.2) is 39.6 Å². The second-order valence-corrected chi connectivity index (χ2v) is 6.72. The highest BCUT2D eigenvalue weighted by molar-refractivity contribution is 7.12. The van der Waals surface area contributed by atoms with Crippen LogP contribution in [-0.2, 0) is 18.5 Å². The molecule has 8 heteroatoms. The Bertz CT molecular complexity index is 983. The molecule has 0 aliphatic heterocycles. The molecule has 7 nitrogen and oxygen atoms in total. The second kappa shape index (κ2) is 7.02. The normalized spacial score (nSPS) is 11.8. The maximum absolute atomic E-state index is 12.1. The highest BCUT2D eigenvalue weighted by atomic mass is 32.1. The number of hydrogen-bond donors (Lipinski definition) is 0. The lowest BCUT2D eigenvalue weighted by atomic mass is 10.1. The summed E-state index contributed by atoms with van der Waals surface area (Å²) in [4.78, 5) is 18.8. The number of aromatic nitrogens is 4. The number of tetrazole rings is 1. The first-order valence-corrected chi connectivity index (χ1v) is 8.65. The van der Waals surface area contributed by atoms with Gasteiger partial charge in [-0.25, -0.2) is 4.79 Å². The van der Waals surface area contributed by atoms with Crippen LogP contribution in [-0.4, -0.2) is 25.5 Å². The number of benzene rings is 1. The van der Waals surface area contributed by atoms with Crippen molar-refractivity contribution < 1.29 is 4.84 Å². The van der Waals surface area contributed by atoms with Crippen LogP contribution >= 0.6 is 11.3 Å². The maximum Gasteiger partial charge on any atom is 0.368 e. The van der Waals surface area contributed by atoms with Gasteiger partial charge in [-0.1, -0.05) is 17.3 Å². The smallest absolute Gasteiger partial charge is 0.368 e. The van der Waals surface area contributed by atoms with Crippen molar-refractivity contribution in [3.63, 3.8) is 0 Å². The first kappa shape index (κ1) is 17.1. The minimum Gasteiger partial charge on any atom is -0.391 e. The average molecular weight is 357 g/mol. The van der Waals surface area contributed by atoms with Crippen LogP contribution in [0.5, 0.6) is 0 Å². The van der Waals surface area contributed by atoms with Gasteiger partial charge in [0.15, 0.2) is 0 Å². The summed E-state index contributed by atoms with van der Waals surface area (Å²) in [6.45, 7) is 6.17. The van der Waals surface area contributed by atoms with Crippen molar-refractivity contribution in [2.24, 2.45) is 12.2 Å². The molecule has 2 aromatic heterocycles. The molecule has 0 saturated carbocycles. The summed E-state index contributed by atoms with van der Waals surface area (Å²) in [5.74, 6) is 0. The van der Waals surface area contributed by atoms with Crippen molar-refractivity contribution in [2.75, 3.05) is 0 Å². The SMILES string of the molecule is C/C(=N/OCc1c(C)cccc1-n1nnn(C)c1=O)c1cc(C)cs1. The number of rotatable bonds is 5. The van der Waals surface area contributed by atoms with E-state index in [1.54, 1.807) is 18.4 Å². The fourth-order valence-corrected chi connectivity index (χ4v) is 3.24. The molecule has 0 aliphatic carbocycles. The predicted molar refractivity (Wildman–Crippen MR) is 97.4 cm³/mol. The van der Waals surface area contributed by atoms with Crippen LogP contribution in [0.1, 0.15) is 28.5 Å². The van der Waals surface area contributed by atoms with Crippen LogP contribution in [0, 0.1) is 13.8 Å². The Morgan fingerprint density at radius 2 is 2.12 bits per heavy atom. The van der Waals surface area contributed by atoms with Gasteiger partial charge in [0.05, 0.1) is 16.3 Å². The largest absolute Gasteiger partial charge is 0.391 e. The van der Waals surface area contributed by atoms with E-state index in [0.29, 0.717) is 5.69 Å². The van der Waals surface area contributed by atoms with Crippen molar-refractivity contribution in [3.8, 4) is 5.69 Å². The molecule has 0 spiro atoms. The molecule has 2 heterocycles. The highest BCUT2D eigenvalue weighted by Crippen LogP contribution is 2.19. The summed E-state index contributed by atoms with van der Waals surface area (Å²) < 4.78 is 2.46. The van der Waals surface area contributed by atoms with Crippen molar-refractivity contribution >= 4 is 17.0 Å². The molecule has 0 unspecified atom stereocenters. The summed E-state index contributed by atoms with van der Waals surface area (Å²) in [6, 6.07) is 7.73. The van der Waals surface area contributed by atoms with E-state index in [4.69, 9.17) is 4.84 Å². The van der Waals surface area contributed by atoms with E-state index in [0.717, 1.165) is 21.7 Å². The Hall–Kier alpha value is -2.74. The lowest BCUT2D eigenvalue weighted by Crippen LogP contribution is -2.23. The topological polar surface area (TPSA) is 74.3 Å². The van der Waals surface area contributed by atoms with Gasteiger partial charge in [0.25, 0.3) is 0 Å². The summed E-state index contributed by atoms with van der Waals surface area (Å²) in [5, 5.41) is 14.0. The molecule has 0 fully saturated rings. The number of nitrogens with zero attached hydrogens (tertiary/aromatic N) is 5. The minimum absolute atomic E-state index is 0.243. The minimum atomic E-state index is -0.305. The van der Waals surface area contributed by atoms with Crippen LogP contribution in [0.25, 0.3) is 5.69 Å². The van der Waals surface area contributed by atoms with Crippen molar-refractivity contribution in [1.82, 2.24) is 19.8 Å². The Balaban J connectivity index is 1.85. The average Bonchev–Trinajstić information content (AvgIpc) is 3.16. The fourth-order valence-electron chi connectivity index (χ4n) is 2.40. The Morgan fingerprint density at radius 3 is 2.76 bits per heavy atom. The van der Waals surface area contributed by atoms with Crippen molar-refractivity contribution in [1.29, 1.82) is 0 Å². The molecule has 1 aromatic carbocycles. The lowest BCUT2D eigenvalue weighted by molar-refractivity contribution is 0.130. The molecule has 3 rings (SSSR count). The third kappa shape index (κ3) is 3.53. The van der Waals surface area contributed by atoms with Gasteiger partial charge in [-0.2, -0.15) is 9.36 Å². The molecule has 0 amide bonds. The van der Waals surface area contributed by atoms with E-state index in [2.05, 4.69) is 27.0 Å². The molecule has 25 heavy (non-hydrogen) atoms. The molecule has 0 radical (unpaired) electrons. The predicted octanol–water partition coefficient (Wildman–Crippen LogP) is 2.59. The Labute approximate surface area is 149 Å². The van der Waals surface area contributed by atoms with E-state index in [-0.39, 0.29) is 12.3 Å². The molecular weight excluding hydrogens is 338 g/mol. The number of thiophene rings is 1. The van der Waals surface area contributed by atoms with Crippen molar-refractivity contribution in [3.05, 3.63) is 61.7 Å². The Kier molecular flexibility index (Phi) is 4.80. The molecule has 0 bridgehead atoms. The van der Waals surface area contributed by atoms with E-state index in [1.165, 1.54) is 14.9 Å². The summed E-state index contributed by atoms with van der Waals surface area (Å²) in [6.07, 6.45) is 0. The van der Waals surface area contributed by atoms with Crippen LogP contribution in [0.4, 0.5) is 0 Å². The van der Waals surface area contributed by atoms with Gasteiger partial charge in [-0.3, -0.25) is 0 Å². The molecule has 0 saturated heterocycles. The molecule has 0 aliphatic rings. The summed E-state index contributed by atoms with van der Waals surface area (Å²) in [5.41, 5.74) is 4.22. The zero-order chi connectivity index (χ0) is 18.0. The highest BCUT2D eigenvalue weighted by Gasteiger charge is 2.13. The maximum atomic E-state index is 12.1. The molecule has 3 aromatic rings. The molecular formula is C17H19N5O2S. The molecule has 0 atom stereocenters. The summed E-state index contributed by atoms with van der Waals surface area (Å²) in [7, 11) is 1.56. The lowest BCUT2D eigenvalue weighted by Gasteiger charge is -2.10. The Morgan fingerprint density at radius 1 is 1.32 bits per heavy atom.